The van der Waals surface area contributed by atoms with Gasteiger partial charge in [0, 0.05) is 17.7 Å². The first kappa shape index (κ1) is 22.1. The van der Waals surface area contributed by atoms with Gasteiger partial charge in [0.2, 0.25) is 5.91 Å². The zero-order valence-corrected chi connectivity index (χ0v) is 16.6. The molecule has 0 saturated heterocycles. The topological polar surface area (TPSA) is 84.2 Å². The summed E-state index contributed by atoms with van der Waals surface area (Å²) in [6.07, 6.45) is -4.04. The molecule has 0 aliphatic rings. The number of benzene rings is 2. The van der Waals surface area contributed by atoms with E-state index in [0.29, 0.717) is 17.7 Å². The number of nitrogens with zero attached hydrogens (tertiary/aromatic N) is 1. The molecule has 2 amide bonds. The highest BCUT2D eigenvalue weighted by Crippen LogP contribution is 2.29. The SMILES string of the molecule is CC(Cc1ccc(C(F)(F)F)cc1)NC(=O)CNC(=O)c1cc(-c2ccccc2)on1. The zero-order chi connectivity index (χ0) is 22.4. The third-order valence-electron chi connectivity index (χ3n) is 4.44. The van der Waals surface area contributed by atoms with E-state index in [9.17, 15) is 22.8 Å². The summed E-state index contributed by atoms with van der Waals surface area (Å²) in [7, 11) is 0. The third kappa shape index (κ3) is 6.18. The second-order valence-electron chi connectivity index (χ2n) is 6.99. The van der Waals surface area contributed by atoms with Crippen LogP contribution < -0.4 is 10.6 Å². The number of alkyl halides is 3. The molecular weight excluding hydrogens is 411 g/mol. The van der Waals surface area contributed by atoms with E-state index < -0.39 is 23.6 Å². The molecule has 1 heterocycles. The fourth-order valence-corrected chi connectivity index (χ4v) is 2.93. The summed E-state index contributed by atoms with van der Waals surface area (Å²) < 4.78 is 43.0. The molecular formula is C22H20F3N3O3. The predicted octanol–water partition coefficient (Wildman–Crippen LogP) is 3.84. The predicted molar refractivity (Wildman–Crippen MR) is 107 cm³/mol. The van der Waals surface area contributed by atoms with Crippen LogP contribution in [0.2, 0.25) is 0 Å². The Morgan fingerprint density at radius 2 is 1.74 bits per heavy atom. The largest absolute Gasteiger partial charge is 0.416 e. The van der Waals surface area contributed by atoms with E-state index in [-0.39, 0.29) is 18.3 Å². The molecule has 162 valence electrons. The number of halogens is 3. The van der Waals surface area contributed by atoms with Crippen molar-refractivity contribution in [3.05, 3.63) is 77.5 Å². The number of hydrogen-bond acceptors (Lipinski definition) is 4. The molecule has 6 nitrogen and oxygen atoms in total. The van der Waals surface area contributed by atoms with Gasteiger partial charge in [0.05, 0.1) is 12.1 Å². The number of carbonyl (C=O) groups excluding carboxylic acids is 2. The van der Waals surface area contributed by atoms with E-state index in [4.69, 9.17) is 4.52 Å². The number of nitrogens with one attached hydrogen (secondary N) is 2. The van der Waals surface area contributed by atoms with Crippen LogP contribution >= 0.6 is 0 Å². The summed E-state index contributed by atoms with van der Waals surface area (Å²) in [6.45, 7) is 1.45. The Morgan fingerprint density at radius 1 is 1.06 bits per heavy atom. The second-order valence-corrected chi connectivity index (χ2v) is 6.99. The lowest BCUT2D eigenvalue weighted by Crippen LogP contribution is -2.41. The minimum absolute atomic E-state index is 0.0458. The lowest BCUT2D eigenvalue weighted by molar-refractivity contribution is -0.137. The summed E-state index contributed by atoms with van der Waals surface area (Å²) in [5.74, 6) is -0.559. The van der Waals surface area contributed by atoms with Crippen molar-refractivity contribution in [2.75, 3.05) is 6.54 Å². The molecule has 0 bridgehead atoms. The Bertz CT molecular complexity index is 1030. The molecule has 2 N–H and O–H groups in total. The maximum Gasteiger partial charge on any atom is 0.416 e. The van der Waals surface area contributed by atoms with Crippen LogP contribution in [0.25, 0.3) is 11.3 Å². The van der Waals surface area contributed by atoms with Crippen molar-refractivity contribution in [2.24, 2.45) is 0 Å². The second kappa shape index (κ2) is 9.46. The normalized spacial score (nSPS) is 12.3. The van der Waals surface area contributed by atoms with Gasteiger partial charge in [-0.3, -0.25) is 9.59 Å². The van der Waals surface area contributed by atoms with Crippen LogP contribution in [0.3, 0.4) is 0 Å². The molecule has 1 atom stereocenters. The first-order valence-corrected chi connectivity index (χ1v) is 9.48. The fraction of sp³-hybridized carbons (Fsp3) is 0.227. The third-order valence-corrected chi connectivity index (χ3v) is 4.44. The van der Waals surface area contributed by atoms with E-state index in [2.05, 4.69) is 15.8 Å². The van der Waals surface area contributed by atoms with Crippen LogP contribution in [-0.2, 0) is 17.4 Å². The lowest BCUT2D eigenvalue weighted by atomic mass is 10.0. The highest BCUT2D eigenvalue weighted by molar-refractivity contribution is 5.95. The van der Waals surface area contributed by atoms with E-state index >= 15 is 0 Å². The maximum absolute atomic E-state index is 12.6. The molecule has 1 aromatic heterocycles. The Labute approximate surface area is 176 Å². The van der Waals surface area contributed by atoms with Crippen LogP contribution in [0.5, 0.6) is 0 Å². The molecule has 0 radical (unpaired) electrons. The molecule has 2 aromatic carbocycles. The Morgan fingerprint density at radius 3 is 2.39 bits per heavy atom. The van der Waals surface area contributed by atoms with Crippen LogP contribution in [0.4, 0.5) is 13.2 Å². The molecule has 0 saturated carbocycles. The van der Waals surface area contributed by atoms with Crippen molar-refractivity contribution < 1.29 is 27.3 Å². The summed E-state index contributed by atoms with van der Waals surface area (Å²) in [5.41, 5.74) is 0.744. The molecule has 0 aliphatic carbocycles. The molecule has 31 heavy (non-hydrogen) atoms. The Kier molecular flexibility index (Phi) is 6.74. The van der Waals surface area contributed by atoms with E-state index in [1.54, 1.807) is 6.92 Å². The van der Waals surface area contributed by atoms with Gasteiger partial charge in [-0.25, -0.2) is 0 Å². The number of amides is 2. The van der Waals surface area contributed by atoms with Crippen molar-refractivity contribution in [3.63, 3.8) is 0 Å². The van der Waals surface area contributed by atoms with Gasteiger partial charge in [0.15, 0.2) is 11.5 Å². The Balaban J connectivity index is 1.46. The summed E-state index contributed by atoms with van der Waals surface area (Å²) >= 11 is 0. The first-order chi connectivity index (χ1) is 14.7. The van der Waals surface area contributed by atoms with Gasteiger partial charge in [-0.1, -0.05) is 47.6 Å². The average Bonchev–Trinajstić information content (AvgIpc) is 3.23. The molecule has 3 aromatic rings. The smallest absolute Gasteiger partial charge is 0.355 e. The van der Waals surface area contributed by atoms with Gasteiger partial charge >= 0.3 is 6.18 Å². The first-order valence-electron chi connectivity index (χ1n) is 9.48. The van der Waals surface area contributed by atoms with Crippen molar-refractivity contribution in [2.45, 2.75) is 25.6 Å². The summed E-state index contributed by atoms with van der Waals surface area (Å²) in [5, 5.41) is 8.86. The fourth-order valence-electron chi connectivity index (χ4n) is 2.93. The molecule has 0 aliphatic heterocycles. The average molecular weight is 431 g/mol. The van der Waals surface area contributed by atoms with Gasteiger partial charge in [-0.15, -0.1) is 0 Å². The quantitative estimate of drug-likeness (QED) is 0.596. The highest BCUT2D eigenvalue weighted by Gasteiger charge is 2.30. The monoisotopic (exact) mass is 431 g/mol. The molecule has 0 spiro atoms. The van der Waals surface area contributed by atoms with Crippen molar-refractivity contribution in [1.82, 2.24) is 15.8 Å². The van der Waals surface area contributed by atoms with Gasteiger partial charge in [-0.05, 0) is 31.0 Å². The van der Waals surface area contributed by atoms with Crippen LogP contribution in [-0.4, -0.2) is 29.6 Å². The van der Waals surface area contributed by atoms with Crippen molar-refractivity contribution in [1.29, 1.82) is 0 Å². The van der Waals surface area contributed by atoms with Gasteiger partial charge in [-0.2, -0.15) is 13.2 Å². The van der Waals surface area contributed by atoms with Crippen molar-refractivity contribution >= 4 is 11.8 Å². The molecule has 1 unspecified atom stereocenters. The van der Waals surface area contributed by atoms with Gasteiger partial charge < -0.3 is 15.2 Å². The number of aromatic nitrogens is 1. The summed E-state index contributed by atoms with van der Waals surface area (Å²) in [4.78, 5) is 24.3. The van der Waals surface area contributed by atoms with Gasteiger partial charge in [0.25, 0.3) is 5.91 Å². The minimum atomic E-state index is -4.39. The lowest BCUT2D eigenvalue weighted by Gasteiger charge is -2.15. The van der Waals surface area contributed by atoms with E-state index in [1.165, 1.54) is 18.2 Å². The standard InChI is InChI=1S/C22H20F3N3O3/c1-14(11-15-7-9-17(10-8-15)22(23,24)25)27-20(29)13-26-21(30)18-12-19(31-28-18)16-5-3-2-4-6-16/h2-10,12,14H,11,13H2,1H3,(H,26,30)(H,27,29). The number of hydrogen-bond donors (Lipinski definition) is 2. The van der Waals surface area contributed by atoms with Gasteiger partial charge in [0.1, 0.15) is 0 Å². The van der Waals surface area contributed by atoms with Crippen molar-refractivity contribution in [3.8, 4) is 11.3 Å². The Hall–Kier alpha value is -3.62. The number of rotatable bonds is 7. The summed E-state index contributed by atoms with van der Waals surface area (Å²) in [6, 6.07) is 15.0. The highest BCUT2D eigenvalue weighted by atomic mass is 19.4. The van der Waals surface area contributed by atoms with Crippen LogP contribution in [0.1, 0.15) is 28.5 Å². The van der Waals surface area contributed by atoms with E-state index in [1.807, 2.05) is 30.3 Å². The minimum Gasteiger partial charge on any atom is -0.355 e. The van der Waals surface area contributed by atoms with E-state index in [0.717, 1.165) is 17.7 Å². The maximum atomic E-state index is 12.6. The van der Waals surface area contributed by atoms with Crippen LogP contribution in [0, 0.1) is 0 Å². The zero-order valence-electron chi connectivity index (χ0n) is 16.6. The molecule has 9 heteroatoms. The number of carbonyl (C=O) groups is 2. The molecule has 3 rings (SSSR count). The van der Waals surface area contributed by atoms with Crippen LogP contribution in [0.15, 0.2) is 65.2 Å². The molecule has 0 fully saturated rings.